The molecule has 0 saturated carbocycles. The normalized spacial score (nSPS) is 11.8. The Morgan fingerprint density at radius 3 is 2.29 bits per heavy atom. The molecule has 2 aromatic carbocycles. The fourth-order valence-corrected chi connectivity index (χ4v) is 3.10. The van der Waals surface area contributed by atoms with Crippen LogP contribution in [-0.4, -0.2) is 25.9 Å². The molecule has 2 heterocycles. The molecule has 138 valence electrons. The fraction of sp³-hybridized carbons (Fsp3) is 0.0909. The zero-order chi connectivity index (χ0) is 19.3. The molecule has 1 N–H and O–H groups in total. The van der Waals surface area contributed by atoms with Crippen molar-refractivity contribution in [2.24, 2.45) is 0 Å². The van der Waals surface area contributed by atoms with Crippen LogP contribution in [0.25, 0.3) is 5.69 Å². The first-order valence-corrected chi connectivity index (χ1v) is 8.97. The van der Waals surface area contributed by atoms with Gasteiger partial charge >= 0.3 is 0 Å². The Bertz CT molecular complexity index is 1020. The molecule has 0 aliphatic carbocycles. The Morgan fingerprint density at radius 1 is 0.929 bits per heavy atom. The van der Waals surface area contributed by atoms with Gasteiger partial charge in [0.15, 0.2) is 5.69 Å². The summed E-state index contributed by atoms with van der Waals surface area (Å²) in [5, 5.41) is 11.3. The van der Waals surface area contributed by atoms with Crippen LogP contribution >= 0.6 is 0 Å². The van der Waals surface area contributed by atoms with Crippen LogP contribution in [0.1, 0.15) is 33.4 Å². The quantitative estimate of drug-likeness (QED) is 0.584. The Balaban J connectivity index is 1.65. The number of pyridine rings is 1. The number of amides is 1. The zero-order valence-electron chi connectivity index (χ0n) is 15.4. The maximum atomic E-state index is 13.0. The minimum absolute atomic E-state index is 0.280. The summed E-state index contributed by atoms with van der Waals surface area (Å²) in [6, 6.07) is 22.9. The lowest BCUT2D eigenvalue weighted by Crippen LogP contribution is -2.30. The van der Waals surface area contributed by atoms with Crippen LogP contribution in [0.15, 0.2) is 85.2 Å². The molecule has 6 heteroatoms. The molecule has 1 amide bonds. The Kier molecular flexibility index (Phi) is 4.93. The van der Waals surface area contributed by atoms with Gasteiger partial charge in [0.1, 0.15) is 0 Å². The van der Waals surface area contributed by atoms with Crippen molar-refractivity contribution in [2.75, 3.05) is 0 Å². The van der Waals surface area contributed by atoms with Gasteiger partial charge in [-0.1, -0.05) is 59.8 Å². The first-order chi connectivity index (χ1) is 13.7. The van der Waals surface area contributed by atoms with Gasteiger partial charge in [-0.2, -0.15) is 0 Å². The summed E-state index contributed by atoms with van der Waals surface area (Å²) >= 11 is 0. The summed E-state index contributed by atoms with van der Waals surface area (Å²) in [6.07, 6.45) is 3.47. The second-order valence-corrected chi connectivity index (χ2v) is 6.37. The van der Waals surface area contributed by atoms with E-state index in [0.29, 0.717) is 11.4 Å². The number of para-hydroxylation sites is 1. The Hall–Kier alpha value is -3.80. The third-order valence-corrected chi connectivity index (χ3v) is 4.54. The summed E-state index contributed by atoms with van der Waals surface area (Å²) in [7, 11) is 0. The van der Waals surface area contributed by atoms with E-state index in [1.807, 2.05) is 79.7 Å². The summed E-state index contributed by atoms with van der Waals surface area (Å²) in [5.74, 6) is -0.280. The van der Waals surface area contributed by atoms with Gasteiger partial charge in [0.05, 0.1) is 17.4 Å². The van der Waals surface area contributed by atoms with E-state index in [-0.39, 0.29) is 11.9 Å². The zero-order valence-corrected chi connectivity index (χ0v) is 15.4. The second-order valence-electron chi connectivity index (χ2n) is 6.37. The topological polar surface area (TPSA) is 72.7 Å². The predicted molar refractivity (Wildman–Crippen MR) is 106 cm³/mol. The van der Waals surface area contributed by atoms with Gasteiger partial charge in [-0.3, -0.25) is 9.78 Å². The maximum Gasteiger partial charge on any atom is 0.274 e. The first kappa shape index (κ1) is 17.6. The molecule has 0 aliphatic heterocycles. The van der Waals surface area contributed by atoms with E-state index in [9.17, 15) is 4.79 Å². The largest absolute Gasteiger partial charge is 0.340 e. The molecule has 4 aromatic rings. The molecule has 0 radical (unpaired) electrons. The molecule has 1 atom stereocenters. The highest BCUT2D eigenvalue weighted by atomic mass is 16.2. The average Bonchev–Trinajstić information content (AvgIpc) is 3.15. The van der Waals surface area contributed by atoms with Crippen molar-refractivity contribution in [3.05, 3.63) is 108 Å². The highest BCUT2D eigenvalue weighted by molar-refractivity contribution is 5.93. The number of rotatable bonds is 5. The molecule has 0 aliphatic rings. The van der Waals surface area contributed by atoms with Crippen molar-refractivity contribution in [1.29, 1.82) is 0 Å². The second kappa shape index (κ2) is 7.84. The first-order valence-electron chi connectivity index (χ1n) is 8.97. The van der Waals surface area contributed by atoms with Crippen molar-refractivity contribution < 1.29 is 4.79 Å². The van der Waals surface area contributed by atoms with Crippen LogP contribution < -0.4 is 5.32 Å². The average molecular weight is 369 g/mol. The highest BCUT2D eigenvalue weighted by Crippen LogP contribution is 2.22. The number of hydrogen-bond acceptors (Lipinski definition) is 4. The summed E-state index contributed by atoms with van der Waals surface area (Å²) < 4.78 is 1.66. The molecule has 0 bridgehead atoms. The molecule has 0 saturated heterocycles. The summed E-state index contributed by atoms with van der Waals surface area (Å²) in [6.45, 7) is 1.84. The molecular weight excluding hydrogens is 350 g/mol. The van der Waals surface area contributed by atoms with E-state index in [4.69, 9.17) is 0 Å². The Labute approximate surface area is 162 Å². The van der Waals surface area contributed by atoms with E-state index in [1.54, 1.807) is 17.1 Å². The number of nitrogens with zero attached hydrogens (tertiary/aromatic N) is 4. The van der Waals surface area contributed by atoms with Crippen LogP contribution in [0.5, 0.6) is 0 Å². The molecule has 6 nitrogen and oxygen atoms in total. The van der Waals surface area contributed by atoms with E-state index in [1.165, 1.54) is 0 Å². The van der Waals surface area contributed by atoms with Crippen molar-refractivity contribution >= 4 is 5.91 Å². The van der Waals surface area contributed by atoms with Crippen LogP contribution in [0.4, 0.5) is 0 Å². The predicted octanol–water partition coefficient (Wildman–Crippen LogP) is 3.49. The smallest absolute Gasteiger partial charge is 0.274 e. The number of aromatic nitrogens is 4. The lowest BCUT2D eigenvalue weighted by molar-refractivity contribution is 0.0937. The van der Waals surface area contributed by atoms with Crippen molar-refractivity contribution in [1.82, 2.24) is 25.3 Å². The lowest BCUT2D eigenvalue weighted by Gasteiger charge is -2.19. The van der Waals surface area contributed by atoms with Crippen LogP contribution in [0, 0.1) is 6.92 Å². The fourth-order valence-electron chi connectivity index (χ4n) is 3.10. The minimum atomic E-state index is -0.330. The van der Waals surface area contributed by atoms with Gasteiger partial charge in [0.2, 0.25) is 0 Å². The SMILES string of the molecule is Cc1c(C(=O)NC(c2ccccc2)c2cccnc2)nnn1-c1ccccc1. The van der Waals surface area contributed by atoms with Gasteiger partial charge in [-0.05, 0) is 36.2 Å². The van der Waals surface area contributed by atoms with Gasteiger partial charge in [0, 0.05) is 12.4 Å². The van der Waals surface area contributed by atoms with E-state index in [2.05, 4.69) is 20.6 Å². The monoisotopic (exact) mass is 369 g/mol. The van der Waals surface area contributed by atoms with Crippen LogP contribution in [0.2, 0.25) is 0 Å². The van der Waals surface area contributed by atoms with Gasteiger partial charge in [-0.15, -0.1) is 5.10 Å². The summed E-state index contributed by atoms with van der Waals surface area (Å²) in [5.41, 5.74) is 3.71. The minimum Gasteiger partial charge on any atom is -0.340 e. The third kappa shape index (κ3) is 3.53. The molecule has 1 unspecified atom stereocenters. The molecule has 0 fully saturated rings. The molecule has 0 spiro atoms. The van der Waals surface area contributed by atoms with E-state index in [0.717, 1.165) is 16.8 Å². The van der Waals surface area contributed by atoms with Crippen LogP contribution in [0.3, 0.4) is 0 Å². The third-order valence-electron chi connectivity index (χ3n) is 4.54. The van der Waals surface area contributed by atoms with Gasteiger partial charge < -0.3 is 5.32 Å². The van der Waals surface area contributed by atoms with Crippen molar-refractivity contribution in [2.45, 2.75) is 13.0 Å². The van der Waals surface area contributed by atoms with E-state index >= 15 is 0 Å². The standard InChI is InChI=1S/C22H19N5O/c1-16-20(25-26-27(16)19-12-6-3-7-13-19)22(28)24-21(17-9-4-2-5-10-17)18-11-8-14-23-15-18/h2-15,21H,1H3,(H,24,28). The Morgan fingerprint density at radius 2 is 1.61 bits per heavy atom. The number of carbonyl (C=O) groups excluding carboxylic acids is 1. The molecular formula is C22H19N5O. The number of nitrogens with one attached hydrogen (secondary N) is 1. The van der Waals surface area contributed by atoms with E-state index < -0.39 is 0 Å². The highest BCUT2D eigenvalue weighted by Gasteiger charge is 2.22. The van der Waals surface area contributed by atoms with Crippen molar-refractivity contribution in [3.8, 4) is 5.69 Å². The lowest BCUT2D eigenvalue weighted by atomic mass is 10.00. The maximum absolute atomic E-state index is 13.0. The number of benzene rings is 2. The molecule has 2 aromatic heterocycles. The molecule has 28 heavy (non-hydrogen) atoms. The van der Waals surface area contributed by atoms with Gasteiger partial charge in [0.25, 0.3) is 5.91 Å². The number of carbonyl (C=O) groups is 1. The summed E-state index contributed by atoms with van der Waals surface area (Å²) in [4.78, 5) is 17.2. The van der Waals surface area contributed by atoms with Crippen LogP contribution in [-0.2, 0) is 0 Å². The number of hydrogen-bond donors (Lipinski definition) is 1. The molecule has 4 rings (SSSR count). The van der Waals surface area contributed by atoms with Crippen molar-refractivity contribution in [3.63, 3.8) is 0 Å². The van der Waals surface area contributed by atoms with Gasteiger partial charge in [-0.25, -0.2) is 4.68 Å².